The molecule has 1 atom stereocenters. The maximum atomic E-state index is 13.8. The van der Waals surface area contributed by atoms with Gasteiger partial charge in [-0.15, -0.1) is 11.8 Å². The standard InChI is InChI=1S/C16H22FNOS/c1-19-9-8-16(6-7-16)11-18-14-5-10-20-15-12(14)3-2-4-13(15)17/h2-4,14,18H,5-11H2,1H3. The number of nitrogens with one attached hydrogen (secondary N) is 1. The van der Waals surface area contributed by atoms with Crippen molar-refractivity contribution in [1.82, 2.24) is 5.32 Å². The quantitative estimate of drug-likeness (QED) is 0.863. The third kappa shape index (κ3) is 3.02. The molecule has 1 aliphatic carbocycles. The summed E-state index contributed by atoms with van der Waals surface area (Å²) >= 11 is 1.65. The number of fused-ring (bicyclic) bond motifs is 1. The van der Waals surface area contributed by atoms with E-state index in [1.165, 1.54) is 12.8 Å². The van der Waals surface area contributed by atoms with Gasteiger partial charge in [0.2, 0.25) is 0 Å². The van der Waals surface area contributed by atoms with E-state index in [4.69, 9.17) is 4.74 Å². The Morgan fingerprint density at radius 2 is 2.30 bits per heavy atom. The second-order valence-corrected chi connectivity index (χ2v) is 7.08. The molecule has 1 aromatic rings. The van der Waals surface area contributed by atoms with Crippen LogP contribution in [0.4, 0.5) is 4.39 Å². The Hall–Kier alpha value is -0.580. The summed E-state index contributed by atoms with van der Waals surface area (Å²) in [7, 11) is 1.76. The third-order valence-electron chi connectivity index (χ3n) is 4.54. The van der Waals surface area contributed by atoms with Gasteiger partial charge in [-0.25, -0.2) is 4.39 Å². The van der Waals surface area contributed by atoms with Crippen molar-refractivity contribution in [3.05, 3.63) is 29.6 Å². The predicted octanol–water partition coefficient (Wildman–Crippen LogP) is 3.77. The Bertz CT molecular complexity index is 476. The van der Waals surface area contributed by atoms with Gasteiger partial charge >= 0.3 is 0 Å². The summed E-state index contributed by atoms with van der Waals surface area (Å²) in [6, 6.07) is 5.76. The second-order valence-electron chi connectivity index (χ2n) is 5.97. The van der Waals surface area contributed by atoms with Crippen molar-refractivity contribution >= 4 is 11.8 Å². The first-order valence-corrected chi connectivity index (χ1v) is 8.36. The largest absolute Gasteiger partial charge is 0.385 e. The molecule has 2 nitrogen and oxygen atoms in total. The molecule has 0 amide bonds. The number of benzene rings is 1. The molecule has 0 saturated heterocycles. The average molecular weight is 295 g/mol. The molecule has 1 aliphatic heterocycles. The molecule has 110 valence electrons. The van der Waals surface area contributed by atoms with Crippen molar-refractivity contribution in [2.45, 2.75) is 36.6 Å². The molecule has 20 heavy (non-hydrogen) atoms. The SMILES string of the molecule is COCCC1(CNC2CCSc3c(F)cccc32)CC1. The van der Waals surface area contributed by atoms with Crippen molar-refractivity contribution in [3.63, 3.8) is 0 Å². The number of hydrogen-bond acceptors (Lipinski definition) is 3. The maximum Gasteiger partial charge on any atom is 0.137 e. The monoisotopic (exact) mass is 295 g/mol. The van der Waals surface area contributed by atoms with E-state index in [1.54, 1.807) is 24.9 Å². The van der Waals surface area contributed by atoms with E-state index in [2.05, 4.69) is 11.4 Å². The minimum absolute atomic E-state index is 0.0699. The van der Waals surface area contributed by atoms with Crippen LogP contribution >= 0.6 is 11.8 Å². The average Bonchev–Trinajstić information content (AvgIpc) is 3.24. The number of thioether (sulfide) groups is 1. The van der Waals surface area contributed by atoms with Crippen molar-refractivity contribution in [3.8, 4) is 0 Å². The Morgan fingerprint density at radius 3 is 3.05 bits per heavy atom. The van der Waals surface area contributed by atoms with Gasteiger partial charge in [0, 0.05) is 31.2 Å². The van der Waals surface area contributed by atoms with E-state index >= 15 is 0 Å². The van der Waals surface area contributed by atoms with E-state index in [0.29, 0.717) is 11.5 Å². The van der Waals surface area contributed by atoms with E-state index in [-0.39, 0.29) is 5.82 Å². The van der Waals surface area contributed by atoms with Crippen LogP contribution in [-0.2, 0) is 4.74 Å². The molecule has 1 unspecified atom stereocenters. The van der Waals surface area contributed by atoms with Crippen LogP contribution < -0.4 is 5.32 Å². The van der Waals surface area contributed by atoms with Crippen LogP contribution in [0.25, 0.3) is 0 Å². The fourth-order valence-corrected chi connectivity index (χ4v) is 4.09. The fraction of sp³-hybridized carbons (Fsp3) is 0.625. The second kappa shape index (κ2) is 6.04. The number of methoxy groups -OCH3 is 1. The van der Waals surface area contributed by atoms with E-state index in [1.807, 2.05) is 6.07 Å². The fourth-order valence-electron chi connectivity index (χ4n) is 2.95. The third-order valence-corrected chi connectivity index (χ3v) is 5.70. The molecule has 0 radical (unpaired) electrons. The van der Waals surface area contributed by atoms with E-state index in [9.17, 15) is 4.39 Å². The van der Waals surface area contributed by atoms with Gasteiger partial charge in [-0.1, -0.05) is 12.1 Å². The lowest BCUT2D eigenvalue weighted by Crippen LogP contribution is -2.31. The molecule has 1 heterocycles. The van der Waals surface area contributed by atoms with Crippen molar-refractivity contribution in [2.75, 3.05) is 26.0 Å². The first-order valence-electron chi connectivity index (χ1n) is 7.38. The van der Waals surface area contributed by atoms with Crippen molar-refractivity contribution in [1.29, 1.82) is 0 Å². The van der Waals surface area contributed by atoms with Crippen LogP contribution in [0.3, 0.4) is 0 Å². The molecule has 4 heteroatoms. The number of rotatable bonds is 6. The summed E-state index contributed by atoms with van der Waals surface area (Å²) in [5.74, 6) is 0.927. The lowest BCUT2D eigenvalue weighted by Gasteiger charge is -2.28. The maximum absolute atomic E-state index is 13.8. The predicted molar refractivity (Wildman–Crippen MR) is 80.6 cm³/mol. The molecule has 1 aromatic carbocycles. The molecule has 0 aromatic heterocycles. The van der Waals surface area contributed by atoms with E-state index in [0.717, 1.165) is 42.2 Å². The topological polar surface area (TPSA) is 21.3 Å². The number of ether oxygens (including phenoxy) is 1. The molecule has 1 fully saturated rings. The Morgan fingerprint density at radius 1 is 1.45 bits per heavy atom. The highest BCUT2D eigenvalue weighted by Gasteiger charge is 2.42. The summed E-state index contributed by atoms with van der Waals surface area (Å²) in [5.41, 5.74) is 1.58. The van der Waals surface area contributed by atoms with Gasteiger partial charge in [0.15, 0.2) is 0 Å². The minimum Gasteiger partial charge on any atom is -0.385 e. The van der Waals surface area contributed by atoms with Gasteiger partial charge in [0.1, 0.15) is 5.82 Å². The summed E-state index contributed by atoms with van der Waals surface area (Å²) in [6.45, 7) is 1.87. The molecule has 1 saturated carbocycles. The number of hydrogen-bond donors (Lipinski definition) is 1. The molecular formula is C16H22FNOS. The summed E-state index contributed by atoms with van der Waals surface area (Å²) < 4.78 is 19.0. The van der Waals surface area contributed by atoms with Crippen LogP contribution in [0.1, 0.15) is 37.3 Å². The summed E-state index contributed by atoms with van der Waals surface area (Å²) in [6.07, 6.45) is 4.80. The van der Waals surface area contributed by atoms with Crippen molar-refractivity contribution in [2.24, 2.45) is 5.41 Å². The van der Waals surface area contributed by atoms with Crippen LogP contribution in [0.2, 0.25) is 0 Å². The van der Waals surface area contributed by atoms with E-state index < -0.39 is 0 Å². The van der Waals surface area contributed by atoms with Gasteiger partial charge in [-0.3, -0.25) is 0 Å². The Balaban J connectivity index is 1.64. The lowest BCUT2D eigenvalue weighted by atomic mass is 9.99. The van der Waals surface area contributed by atoms with Gasteiger partial charge in [-0.2, -0.15) is 0 Å². The molecule has 2 aliphatic rings. The van der Waals surface area contributed by atoms with Crippen molar-refractivity contribution < 1.29 is 9.13 Å². The molecule has 1 N–H and O–H groups in total. The van der Waals surface area contributed by atoms with Gasteiger partial charge in [0.05, 0.1) is 0 Å². The van der Waals surface area contributed by atoms with Crippen LogP contribution in [-0.4, -0.2) is 26.0 Å². The van der Waals surface area contributed by atoms with Gasteiger partial charge in [0.25, 0.3) is 0 Å². The van der Waals surface area contributed by atoms with Crippen LogP contribution in [0.5, 0.6) is 0 Å². The Labute approximate surface area is 124 Å². The smallest absolute Gasteiger partial charge is 0.137 e. The molecular weight excluding hydrogens is 273 g/mol. The molecule has 3 rings (SSSR count). The first kappa shape index (κ1) is 14.4. The van der Waals surface area contributed by atoms with Gasteiger partial charge in [-0.05, 0) is 48.5 Å². The summed E-state index contributed by atoms with van der Waals surface area (Å²) in [4.78, 5) is 0.845. The lowest BCUT2D eigenvalue weighted by molar-refractivity contribution is 0.170. The highest BCUT2D eigenvalue weighted by atomic mass is 32.2. The Kier molecular flexibility index (Phi) is 4.34. The number of halogens is 1. The summed E-state index contributed by atoms with van der Waals surface area (Å²) in [5, 5.41) is 3.68. The highest BCUT2D eigenvalue weighted by Crippen LogP contribution is 2.49. The minimum atomic E-state index is -0.0699. The molecule has 0 bridgehead atoms. The van der Waals surface area contributed by atoms with Crippen LogP contribution in [0.15, 0.2) is 23.1 Å². The molecule has 0 spiro atoms. The first-order chi connectivity index (χ1) is 9.74. The zero-order chi connectivity index (χ0) is 14.0. The zero-order valence-electron chi connectivity index (χ0n) is 12.0. The highest BCUT2D eigenvalue weighted by molar-refractivity contribution is 7.99. The normalized spacial score (nSPS) is 23.4. The van der Waals surface area contributed by atoms with Gasteiger partial charge < -0.3 is 10.1 Å². The van der Waals surface area contributed by atoms with Crippen LogP contribution in [0, 0.1) is 11.2 Å². The zero-order valence-corrected chi connectivity index (χ0v) is 12.8.